The third-order valence-electron chi connectivity index (χ3n) is 2.95. The lowest BCUT2D eigenvalue weighted by atomic mass is 10.1. The number of nitrogens with one attached hydrogen (secondary N) is 2. The van der Waals surface area contributed by atoms with E-state index < -0.39 is 0 Å². The number of ether oxygens (including phenoxy) is 1. The van der Waals surface area contributed by atoms with Crippen LogP contribution in [0.5, 0.6) is 5.75 Å². The van der Waals surface area contributed by atoms with E-state index in [-0.39, 0.29) is 11.4 Å². The van der Waals surface area contributed by atoms with Gasteiger partial charge in [-0.1, -0.05) is 22.0 Å². The van der Waals surface area contributed by atoms with Gasteiger partial charge in [0.1, 0.15) is 18.9 Å². The van der Waals surface area contributed by atoms with E-state index in [2.05, 4.69) is 28.2 Å². The van der Waals surface area contributed by atoms with Gasteiger partial charge in [0.2, 0.25) is 0 Å². The Morgan fingerprint density at radius 2 is 2.10 bits per heavy atom. The van der Waals surface area contributed by atoms with Crippen LogP contribution in [0.4, 0.5) is 0 Å². The minimum absolute atomic E-state index is 0.0850. The number of benzene rings is 1. The number of carbonyl (C=O) groups is 1. The Hall–Kier alpha value is -1.07. The Kier molecular flexibility index (Phi) is 7.18. The van der Waals surface area contributed by atoms with Crippen LogP contribution in [0, 0.1) is 0 Å². The van der Waals surface area contributed by atoms with Gasteiger partial charge in [-0.05, 0) is 45.9 Å². The summed E-state index contributed by atoms with van der Waals surface area (Å²) in [7, 11) is 0. The minimum atomic E-state index is -0.178. The molecule has 5 heteroatoms. The predicted molar refractivity (Wildman–Crippen MR) is 88.8 cm³/mol. The van der Waals surface area contributed by atoms with E-state index in [0.717, 1.165) is 23.3 Å². The molecule has 118 valence electrons. The van der Waals surface area contributed by atoms with Crippen molar-refractivity contribution in [2.75, 3.05) is 26.2 Å². The molecule has 0 saturated heterocycles. The molecular formula is C16H26BrN2O2+. The molecule has 1 aromatic carbocycles. The zero-order valence-corrected chi connectivity index (χ0v) is 14.9. The molecule has 0 bridgehead atoms. The summed E-state index contributed by atoms with van der Waals surface area (Å²) in [5, 5.41) is 2.99. The molecule has 0 aliphatic heterocycles. The molecule has 0 fully saturated rings. The quantitative estimate of drug-likeness (QED) is 0.778. The number of amides is 1. The molecule has 1 aromatic rings. The number of hydrogen-bond donors (Lipinski definition) is 2. The van der Waals surface area contributed by atoms with Crippen LogP contribution in [0.25, 0.3) is 0 Å². The second kappa shape index (κ2) is 8.39. The lowest BCUT2D eigenvalue weighted by Crippen LogP contribution is -3.13. The third-order valence-corrected chi connectivity index (χ3v) is 3.44. The fourth-order valence-electron chi connectivity index (χ4n) is 1.95. The van der Waals surface area contributed by atoms with E-state index >= 15 is 0 Å². The Morgan fingerprint density at radius 3 is 2.67 bits per heavy atom. The van der Waals surface area contributed by atoms with Crippen molar-refractivity contribution < 1.29 is 14.4 Å². The van der Waals surface area contributed by atoms with Crippen molar-refractivity contribution in [1.82, 2.24) is 5.32 Å². The molecule has 0 spiro atoms. The molecule has 0 saturated carbocycles. The van der Waals surface area contributed by atoms with Gasteiger partial charge in [-0.25, -0.2) is 0 Å². The summed E-state index contributed by atoms with van der Waals surface area (Å²) in [5.41, 5.74) is -0.178. The number of halogens is 1. The summed E-state index contributed by atoms with van der Waals surface area (Å²) >= 11 is 3.42. The predicted octanol–water partition coefficient (Wildman–Crippen LogP) is 1.65. The molecular weight excluding hydrogens is 332 g/mol. The Bertz CT molecular complexity index is 458. The molecule has 4 nitrogen and oxygen atoms in total. The van der Waals surface area contributed by atoms with Crippen molar-refractivity contribution in [3.63, 3.8) is 0 Å². The molecule has 0 radical (unpaired) electrons. The lowest BCUT2D eigenvalue weighted by Gasteiger charge is -2.23. The zero-order chi connectivity index (χ0) is 15.9. The maximum absolute atomic E-state index is 11.9. The summed E-state index contributed by atoms with van der Waals surface area (Å²) in [5.74, 6) is 0.931. The van der Waals surface area contributed by atoms with Gasteiger partial charge in [0, 0.05) is 10.0 Å². The van der Waals surface area contributed by atoms with E-state index in [4.69, 9.17) is 4.74 Å². The number of rotatable bonds is 7. The minimum Gasteiger partial charge on any atom is -0.488 e. The first-order valence-electron chi connectivity index (χ1n) is 7.33. The van der Waals surface area contributed by atoms with Crippen LogP contribution in [0.15, 0.2) is 28.7 Å². The van der Waals surface area contributed by atoms with Gasteiger partial charge in [-0.3, -0.25) is 4.79 Å². The SMILES string of the molecule is CC[NH+](CCOc1cccc(Br)c1)CC(=O)NC(C)(C)C. The zero-order valence-electron chi connectivity index (χ0n) is 13.3. The monoisotopic (exact) mass is 357 g/mol. The van der Waals surface area contributed by atoms with Crippen LogP contribution in [0.3, 0.4) is 0 Å². The summed E-state index contributed by atoms with van der Waals surface area (Å²) in [6.45, 7) is 10.9. The van der Waals surface area contributed by atoms with Crippen molar-refractivity contribution in [2.45, 2.75) is 33.2 Å². The first-order chi connectivity index (χ1) is 9.80. The van der Waals surface area contributed by atoms with Crippen molar-refractivity contribution in [1.29, 1.82) is 0 Å². The van der Waals surface area contributed by atoms with Gasteiger partial charge in [-0.2, -0.15) is 0 Å². The normalized spacial score (nSPS) is 12.8. The van der Waals surface area contributed by atoms with Crippen LogP contribution < -0.4 is 15.0 Å². The highest BCUT2D eigenvalue weighted by Crippen LogP contribution is 2.17. The molecule has 1 atom stereocenters. The number of carbonyl (C=O) groups excluding carboxylic acids is 1. The Morgan fingerprint density at radius 1 is 1.38 bits per heavy atom. The van der Waals surface area contributed by atoms with E-state index in [9.17, 15) is 4.79 Å². The smallest absolute Gasteiger partial charge is 0.275 e. The van der Waals surface area contributed by atoms with E-state index in [1.165, 1.54) is 4.90 Å². The van der Waals surface area contributed by atoms with E-state index in [1.54, 1.807) is 0 Å². The highest BCUT2D eigenvalue weighted by atomic mass is 79.9. The maximum atomic E-state index is 11.9. The van der Waals surface area contributed by atoms with Gasteiger partial charge < -0.3 is 15.0 Å². The topological polar surface area (TPSA) is 42.8 Å². The Labute approximate surface area is 136 Å². The van der Waals surface area contributed by atoms with Crippen LogP contribution in [0.2, 0.25) is 0 Å². The largest absolute Gasteiger partial charge is 0.488 e. The molecule has 2 N–H and O–H groups in total. The van der Waals surface area contributed by atoms with Crippen LogP contribution >= 0.6 is 15.9 Å². The fourth-order valence-corrected chi connectivity index (χ4v) is 2.33. The average Bonchev–Trinajstić information content (AvgIpc) is 2.35. The second-order valence-electron chi connectivity index (χ2n) is 6.13. The first-order valence-corrected chi connectivity index (χ1v) is 8.12. The number of quaternary nitrogens is 1. The van der Waals surface area contributed by atoms with E-state index in [1.807, 2.05) is 45.0 Å². The number of hydrogen-bond acceptors (Lipinski definition) is 2. The fraction of sp³-hybridized carbons (Fsp3) is 0.562. The standard InChI is InChI=1S/C16H25BrN2O2/c1-5-19(12-15(20)18-16(2,3)4)9-10-21-14-8-6-7-13(17)11-14/h6-8,11H,5,9-10,12H2,1-4H3,(H,18,20)/p+1. The van der Waals surface area contributed by atoms with Crippen molar-refractivity contribution in [3.05, 3.63) is 28.7 Å². The average molecular weight is 358 g/mol. The third kappa shape index (κ3) is 8.07. The second-order valence-corrected chi connectivity index (χ2v) is 7.05. The van der Waals surface area contributed by atoms with Gasteiger partial charge in [0.15, 0.2) is 6.54 Å². The summed E-state index contributed by atoms with van der Waals surface area (Å²) in [6.07, 6.45) is 0. The highest BCUT2D eigenvalue weighted by Gasteiger charge is 2.18. The summed E-state index contributed by atoms with van der Waals surface area (Å²) in [6, 6.07) is 7.79. The van der Waals surface area contributed by atoms with Crippen LogP contribution in [0.1, 0.15) is 27.7 Å². The molecule has 21 heavy (non-hydrogen) atoms. The summed E-state index contributed by atoms with van der Waals surface area (Å²) < 4.78 is 6.72. The van der Waals surface area contributed by atoms with Gasteiger partial charge in [0.25, 0.3) is 5.91 Å². The lowest BCUT2D eigenvalue weighted by molar-refractivity contribution is -0.890. The van der Waals surface area contributed by atoms with Gasteiger partial charge in [0.05, 0.1) is 6.54 Å². The Balaban J connectivity index is 2.36. The molecule has 0 aliphatic rings. The first kappa shape index (κ1) is 18.0. The van der Waals surface area contributed by atoms with Gasteiger partial charge >= 0.3 is 0 Å². The van der Waals surface area contributed by atoms with Crippen molar-refractivity contribution >= 4 is 21.8 Å². The van der Waals surface area contributed by atoms with Crippen molar-refractivity contribution in [3.8, 4) is 5.75 Å². The molecule has 1 amide bonds. The molecule has 0 heterocycles. The van der Waals surface area contributed by atoms with E-state index in [0.29, 0.717) is 13.2 Å². The van der Waals surface area contributed by atoms with Crippen LogP contribution in [-0.2, 0) is 4.79 Å². The molecule has 1 rings (SSSR count). The van der Waals surface area contributed by atoms with Gasteiger partial charge in [-0.15, -0.1) is 0 Å². The van der Waals surface area contributed by atoms with Crippen LogP contribution in [-0.4, -0.2) is 37.7 Å². The maximum Gasteiger partial charge on any atom is 0.275 e. The summed E-state index contributed by atoms with van der Waals surface area (Å²) in [4.78, 5) is 13.1. The molecule has 0 aromatic heterocycles. The highest BCUT2D eigenvalue weighted by molar-refractivity contribution is 9.10. The molecule has 0 aliphatic carbocycles. The molecule has 1 unspecified atom stereocenters. The number of likely N-dealkylation sites (N-methyl/N-ethyl adjacent to an activating group) is 1. The van der Waals surface area contributed by atoms with Crippen molar-refractivity contribution in [2.24, 2.45) is 0 Å².